The van der Waals surface area contributed by atoms with E-state index < -0.39 is 5.60 Å². The van der Waals surface area contributed by atoms with E-state index in [4.69, 9.17) is 4.74 Å². The van der Waals surface area contributed by atoms with Gasteiger partial charge in [-0.15, -0.1) is 0 Å². The van der Waals surface area contributed by atoms with Gasteiger partial charge in [-0.2, -0.15) is 0 Å². The fourth-order valence-electron chi connectivity index (χ4n) is 5.83. The van der Waals surface area contributed by atoms with E-state index in [-0.39, 0.29) is 16.4 Å². The summed E-state index contributed by atoms with van der Waals surface area (Å²) in [6, 6.07) is 0. The van der Waals surface area contributed by atoms with Crippen LogP contribution in [0.4, 0.5) is 0 Å². The molecule has 0 heterocycles. The quantitative estimate of drug-likeness (QED) is 0.728. The first-order valence-electron chi connectivity index (χ1n) is 6.31. The van der Waals surface area contributed by atoms with Crippen LogP contribution in [0.5, 0.6) is 0 Å². The van der Waals surface area contributed by atoms with E-state index in [1.807, 2.05) is 0 Å². The largest absolute Gasteiger partial charge is 0.495 e. The zero-order valence-electron chi connectivity index (χ0n) is 10.4. The van der Waals surface area contributed by atoms with Crippen molar-refractivity contribution >= 4 is 0 Å². The smallest absolute Gasteiger partial charge is 0.112 e. The molecule has 4 bridgehead atoms. The molecule has 16 heavy (non-hydrogen) atoms. The van der Waals surface area contributed by atoms with E-state index in [1.54, 1.807) is 6.26 Å². The lowest BCUT2D eigenvalue weighted by Crippen LogP contribution is -2.65. The number of ether oxygens (including phenoxy) is 1. The monoisotopic (exact) mass is 222 g/mol. The Morgan fingerprint density at radius 3 is 2.00 bits per heavy atom. The number of hydrogen-bond donors (Lipinski definition) is 1. The van der Waals surface area contributed by atoms with Crippen molar-refractivity contribution in [2.45, 2.75) is 63.6 Å². The normalized spacial score (nSPS) is 58.7. The Labute approximate surface area is 97.7 Å². The first-order chi connectivity index (χ1) is 7.30. The zero-order valence-corrected chi connectivity index (χ0v) is 10.4. The summed E-state index contributed by atoms with van der Waals surface area (Å²) in [7, 11) is 0. The molecule has 0 aliphatic heterocycles. The van der Waals surface area contributed by atoms with Crippen LogP contribution in [0, 0.1) is 10.8 Å². The second kappa shape index (κ2) is 2.66. The maximum Gasteiger partial charge on any atom is 0.112 e. The van der Waals surface area contributed by atoms with Gasteiger partial charge in [0.1, 0.15) is 5.60 Å². The van der Waals surface area contributed by atoms with Crippen LogP contribution in [0.2, 0.25) is 0 Å². The van der Waals surface area contributed by atoms with Crippen LogP contribution in [-0.4, -0.2) is 16.3 Å². The van der Waals surface area contributed by atoms with E-state index in [0.717, 1.165) is 32.1 Å². The average Bonchev–Trinajstić information content (AvgIpc) is 1.91. The molecule has 4 aliphatic carbocycles. The van der Waals surface area contributed by atoms with Gasteiger partial charge in [-0.1, -0.05) is 20.4 Å². The average molecular weight is 222 g/mol. The predicted molar refractivity (Wildman–Crippen MR) is 62.9 cm³/mol. The second-order valence-corrected chi connectivity index (χ2v) is 7.37. The van der Waals surface area contributed by atoms with Gasteiger partial charge < -0.3 is 9.84 Å². The Bertz CT molecular complexity index is 293. The van der Waals surface area contributed by atoms with Crippen LogP contribution in [0.3, 0.4) is 0 Å². The minimum absolute atomic E-state index is 0.130. The van der Waals surface area contributed by atoms with Crippen molar-refractivity contribution in [2.24, 2.45) is 10.8 Å². The third kappa shape index (κ3) is 1.35. The Hall–Kier alpha value is -0.500. The molecule has 2 nitrogen and oxygen atoms in total. The predicted octanol–water partition coefficient (Wildman–Crippen LogP) is 3.01. The molecule has 2 heteroatoms. The molecule has 2 atom stereocenters. The van der Waals surface area contributed by atoms with Crippen molar-refractivity contribution in [3.8, 4) is 0 Å². The molecule has 90 valence electrons. The number of hydrogen-bond acceptors (Lipinski definition) is 2. The summed E-state index contributed by atoms with van der Waals surface area (Å²) in [5, 5.41) is 10.7. The molecule has 4 saturated carbocycles. The summed E-state index contributed by atoms with van der Waals surface area (Å²) in [5.74, 6) is 0. The van der Waals surface area contributed by atoms with E-state index in [2.05, 4.69) is 20.4 Å². The van der Waals surface area contributed by atoms with Crippen molar-refractivity contribution in [2.75, 3.05) is 0 Å². The van der Waals surface area contributed by atoms with Gasteiger partial charge in [-0.3, -0.25) is 0 Å². The Kier molecular flexibility index (Phi) is 1.77. The zero-order chi connectivity index (χ0) is 11.7. The van der Waals surface area contributed by atoms with Gasteiger partial charge in [0.05, 0.1) is 11.9 Å². The summed E-state index contributed by atoms with van der Waals surface area (Å²) in [6.07, 6.45) is 7.70. The van der Waals surface area contributed by atoms with Gasteiger partial charge >= 0.3 is 0 Å². The van der Waals surface area contributed by atoms with Gasteiger partial charge in [0.2, 0.25) is 0 Å². The van der Waals surface area contributed by atoms with Crippen LogP contribution in [0.15, 0.2) is 12.8 Å². The standard InChI is InChI=1S/C14H22O2/c1-4-16-14-8-11(2)5-12(3,9-14)7-13(15,6-11)10-14/h4,15H,1,5-10H2,2-3H3. The lowest BCUT2D eigenvalue weighted by Gasteiger charge is -2.67. The van der Waals surface area contributed by atoms with Gasteiger partial charge in [-0.05, 0) is 42.9 Å². The van der Waals surface area contributed by atoms with E-state index >= 15 is 0 Å². The molecule has 4 fully saturated rings. The summed E-state index contributed by atoms with van der Waals surface area (Å²) in [6.45, 7) is 8.33. The van der Waals surface area contributed by atoms with Crippen molar-refractivity contribution in [3.63, 3.8) is 0 Å². The first kappa shape index (κ1) is 10.6. The molecule has 0 spiro atoms. The van der Waals surface area contributed by atoms with Crippen LogP contribution in [-0.2, 0) is 4.74 Å². The summed E-state index contributed by atoms with van der Waals surface area (Å²) in [5.41, 5.74) is -0.0848. The summed E-state index contributed by atoms with van der Waals surface area (Å²) < 4.78 is 5.84. The van der Waals surface area contributed by atoms with Crippen LogP contribution >= 0.6 is 0 Å². The molecule has 0 amide bonds. The number of aliphatic hydroxyl groups is 1. The molecular formula is C14H22O2. The highest BCUT2D eigenvalue weighted by Gasteiger charge is 2.66. The fraction of sp³-hybridized carbons (Fsp3) is 0.857. The molecule has 2 unspecified atom stereocenters. The van der Waals surface area contributed by atoms with Gasteiger partial charge in [0, 0.05) is 6.42 Å². The van der Waals surface area contributed by atoms with Crippen molar-refractivity contribution < 1.29 is 9.84 Å². The lowest BCUT2D eigenvalue weighted by molar-refractivity contribution is -0.252. The molecule has 1 N–H and O–H groups in total. The fourth-order valence-corrected chi connectivity index (χ4v) is 5.83. The van der Waals surface area contributed by atoms with E-state index in [9.17, 15) is 5.11 Å². The van der Waals surface area contributed by atoms with Crippen LogP contribution in [0.1, 0.15) is 52.4 Å². The van der Waals surface area contributed by atoms with Gasteiger partial charge in [0.15, 0.2) is 0 Å². The Morgan fingerprint density at radius 2 is 1.56 bits per heavy atom. The van der Waals surface area contributed by atoms with E-state index in [0.29, 0.717) is 0 Å². The third-order valence-electron chi connectivity index (χ3n) is 4.85. The molecular weight excluding hydrogens is 200 g/mol. The Balaban J connectivity index is 2.03. The van der Waals surface area contributed by atoms with Gasteiger partial charge in [0.25, 0.3) is 0 Å². The summed E-state index contributed by atoms with van der Waals surface area (Å²) in [4.78, 5) is 0. The maximum absolute atomic E-state index is 10.7. The molecule has 4 rings (SSSR count). The molecule has 0 radical (unpaired) electrons. The topological polar surface area (TPSA) is 29.5 Å². The minimum atomic E-state index is -0.485. The highest BCUT2D eigenvalue weighted by atomic mass is 16.5. The maximum atomic E-state index is 10.7. The third-order valence-corrected chi connectivity index (χ3v) is 4.85. The summed E-state index contributed by atoms with van der Waals surface area (Å²) >= 11 is 0. The van der Waals surface area contributed by atoms with Crippen LogP contribution in [0.25, 0.3) is 0 Å². The minimum Gasteiger partial charge on any atom is -0.495 e. The van der Waals surface area contributed by atoms with Crippen molar-refractivity contribution in [1.82, 2.24) is 0 Å². The first-order valence-corrected chi connectivity index (χ1v) is 6.31. The second-order valence-electron chi connectivity index (χ2n) is 7.37. The van der Waals surface area contributed by atoms with Gasteiger partial charge in [-0.25, -0.2) is 0 Å². The molecule has 4 aliphatic rings. The SMILES string of the molecule is C=COC12CC3(C)CC(C)(CC(O)(C3)C1)C2. The lowest BCUT2D eigenvalue weighted by atomic mass is 9.42. The van der Waals surface area contributed by atoms with Crippen LogP contribution < -0.4 is 0 Å². The molecule has 0 saturated heterocycles. The van der Waals surface area contributed by atoms with Crippen molar-refractivity contribution in [1.29, 1.82) is 0 Å². The highest BCUT2D eigenvalue weighted by molar-refractivity contribution is 5.17. The molecule has 0 aromatic rings. The van der Waals surface area contributed by atoms with E-state index in [1.165, 1.54) is 6.42 Å². The highest BCUT2D eigenvalue weighted by Crippen LogP contribution is 2.68. The Morgan fingerprint density at radius 1 is 1.00 bits per heavy atom. The molecule has 0 aromatic carbocycles. The van der Waals surface area contributed by atoms with Crippen molar-refractivity contribution in [3.05, 3.63) is 12.8 Å². The number of rotatable bonds is 2. The molecule has 0 aromatic heterocycles.